The van der Waals surface area contributed by atoms with Crippen LogP contribution in [0.3, 0.4) is 0 Å². The van der Waals surface area contributed by atoms with Gasteiger partial charge in [0, 0.05) is 13.2 Å². The molecule has 0 aliphatic carbocycles. The van der Waals surface area contributed by atoms with Crippen molar-refractivity contribution in [3.05, 3.63) is 0 Å². The maximum atomic E-state index is 6.19. The van der Waals surface area contributed by atoms with Crippen LogP contribution >= 0.6 is 0 Å². The van der Waals surface area contributed by atoms with E-state index in [1.54, 1.807) is 0 Å². The lowest BCUT2D eigenvalue weighted by molar-refractivity contribution is -0.127. The normalized spacial score (nSPS) is 15.1. The summed E-state index contributed by atoms with van der Waals surface area (Å²) in [4.78, 5) is 0. The standard InChI is InChI=1S/C21H44O4/c1-9-22-13-21(14-23-10-2,15-24-19(7)11-17(3)4)16-25-20(8)12-18(5)6/h17-20H,9-16H2,1-8H3. The summed E-state index contributed by atoms with van der Waals surface area (Å²) in [6.07, 6.45) is 2.58. The second-order valence-corrected chi connectivity index (χ2v) is 8.28. The molecule has 0 aromatic heterocycles. The van der Waals surface area contributed by atoms with Crippen LogP contribution in [0.25, 0.3) is 0 Å². The van der Waals surface area contributed by atoms with Gasteiger partial charge in [-0.25, -0.2) is 0 Å². The molecular formula is C21H44O4. The minimum atomic E-state index is -0.248. The molecule has 0 rings (SSSR count). The Morgan fingerprint density at radius 3 is 1.24 bits per heavy atom. The molecule has 4 nitrogen and oxygen atoms in total. The molecule has 0 amide bonds. The Morgan fingerprint density at radius 2 is 0.960 bits per heavy atom. The number of rotatable bonds is 16. The molecule has 0 radical (unpaired) electrons. The van der Waals surface area contributed by atoms with Crippen molar-refractivity contribution < 1.29 is 18.9 Å². The molecule has 0 aromatic carbocycles. The summed E-state index contributed by atoms with van der Waals surface area (Å²) < 4.78 is 23.9. The first-order valence-corrected chi connectivity index (χ1v) is 10.1. The van der Waals surface area contributed by atoms with Gasteiger partial charge < -0.3 is 18.9 Å². The van der Waals surface area contributed by atoms with E-state index in [1.807, 2.05) is 13.8 Å². The third-order valence-corrected chi connectivity index (χ3v) is 4.18. The first kappa shape index (κ1) is 24.8. The lowest BCUT2D eigenvalue weighted by Crippen LogP contribution is -2.43. The van der Waals surface area contributed by atoms with Crippen molar-refractivity contribution in [2.45, 2.75) is 80.4 Å². The lowest BCUT2D eigenvalue weighted by Gasteiger charge is -2.35. The monoisotopic (exact) mass is 360 g/mol. The highest BCUT2D eigenvalue weighted by molar-refractivity contribution is 4.80. The van der Waals surface area contributed by atoms with E-state index in [2.05, 4.69) is 41.5 Å². The molecule has 0 saturated carbocycles. The molecule has 0 N–H and O–H groups in total. The van der Waals surface area contributed by atoms with Gasteiger partial charge in [0.1, 0.15) is 0 Å². The topological polar surface area (TPSA) is 36.9 Å². The quantitative estimate of drug-likeness (QED) is 0.390. The van der Waals surface area contributed by atoms with Crippen LogP contribution in [0.15, 0.2) is 0 Å². The fourth-order valence-corrected chi connectivity index (χ4v) is 2.99. The predicted molar refractivity (Wildman–Crippen MR) is 105 cm³/mol. The average Bonchev–Trinajstić information content (AvgIpc) is 2.52. The van der Waals surface area contributed by atoms with Crippen molar-refractivity contribution in [1.82, 2.24) is 0 Å². The Labute approximate surface area is 156 Å². The number of hydrogen-bond acceptors (Lipinski definition) is 4. The lowest BCUT2D eigenvalue weighted by atomic mass is 9.91. The van der Waals surface area contributed by atoms with Crippen molar-refractivity contribution in [2.24, 2.45) is 17.3 Å². The molecule has 0 bridgehead atoms. The van der Waals surface area contributed by atoms with Gasteiger partial charge in [0.2, 0.25) is 0 Å². The summed E-state index contributed by atoms with van der Waals surface area (Å²) in [5.74, 6) is 1.26. The minimum Gasteiger partial charge on any atom is -0.381 e. The predicted octanol–water partition coefficient (Wildman–Crippen LogP) is 4.95. The van der Waals surface area contributed by atoms with Gasteiger partial charge in [-0.3, -0.25) is 0 Å². The van der Waals surface area contributed by atoms with E-state index in [0.29, 0.717) is 51.5 Å². The van der Waals surface area contributed by atoms with Crippen molar-refractivity contribution >= 4 is 0 Å². The molecule has 4 heteroatoms. The number of ether oxygens (including phenoxy) is 4. The van der Waals surface area contributed by atoms with Crippen molar-refractivity contribution in [1.29, 1.82) is 0 Å². The maximum Gasteiger partial charge on any atom is 0.0638 e. The van der Waals surface area contributed by atoms with Crippen LogP contribution in [-0.2, 0) is 18.9 Å². The van der Waals surface area contributed by atoms with Crippen LogP contribution in [0, 0.1) is 17.3 Å². The van der Waals surface area contributed by atoms with Crippen molar-refractivity contribution in [2.75, 3.05) is 39.6 Å². The largest absolute Gasteiger partial charge is 0.381 e. The van der Waals surface area contributed by atoms with Crippen LogP contribution in [-0.4, -0.2) is 51.8 Å². The smallest absolute Gasteiger partial charge is 0.0638 e. The molecule has 2 unspecified atom stereocenters. The van der Waals surface area contributed by atoms with Crippen LogP contribution in [0.2, 0.25) is 0 Å². The maximum absolute atomic E-state index is 6.19. The van der Waals surface area contributed by atoms with Crippen LogP contribution in [0.5, 0.6) is 0 Å². The van der Waals surface area contributed by atoms with E-state index in [9.17, 15) is 0 Å². The number of hydrogen-bond donors (Lipinski definition) is 0. The first-order chi connectivity index (χ1) is 11.7. The van der Waals surface area contributed by atoms with Crippen molar-refractivity contribution in [3.8, 4) is 0 Å². The zero-order chi connectivity index (χ0) is 19.3. The molecule has 0 spiro atoms. The van der Waals surface area contributed by atoms with Crippen LogP contribution in [0.1, 0.15) is 68.2 Å². The molecule has 0 aliphatic heterocycles. The molecule has 0 saturated heterocycles. The highest BCUT2D eigenvalue weighted by atomic mass is 16.5. The SMILES string of the molecule is CCOCC(COCC)(COC(C)CC(C)C)COC(C)CC(C)C. The Morgan fingerprint density at radius 1 is 0.600 bits per heavy atom. The van der Waals surface area contributed by atoms with E-state index in [1.165, 1.54) is 0 Å². The highest BCUT2D eigenvalue weighted by Gasteiger charge is 2.33. The Hall–Kier alpha value is -0.160. The third-order valence-electron chi connectivity index (χ3n) is 4.18. The van der Waals surface area contributed by atoms with E-state index in [0.717, 1.165) is 12.8 Å². The van der Waals surface area contributed by atoms with Gasteiger partial charge in [-0.1, -0.05) is 27.7 Å². The van der Waals surface area contributed by atoms with E-state index in [-0.39, 0.29) is 17.6 Å². The summed E-state index contributed by atoms with van der Waals surface area (Å²) in [5, 5.41) is 0. The molecule has 0 heterocycles. The van der Waals surface area contributed by atoms with Crippen LogP contribution in [0.4, 0.5) is 0 Å². The summed E-state index contributed by atoms with van der Waals surface area (Å²) in [6, 6.07) is 0. The van der Waals surface area contributed by atoms with Gasteiger partial charge in [-0.2, -0.15) is 0 Å². The molecule has 0 fully saturated rings. The van der Waals surface area contributed by atoms with E-state index >= 15 is 0 Å². The van der Waals surface area contributed by atoms with Crippen LogP contribution < -0.4 is 0 Å². The fraction of sp³-hybridized carbons (Fsp3) is 1.00. The summed E-state index contributed by atoms with van der Waals surface area (Å²) in [6.45, 7) is 21.1. The molecule has 0 aliphatic rings. The first-order valence-electron chi connectivity index (χ1n) is 10.1. The summed E-state index contributed by atoms with van der Waals surface area (Å²) >= 11 is 0. The van der Waals surface area contributed by atoms with Gasteiger partial charge in [0.15, 0.2) is 0 Å². The highest BCUT2D eigenvalue weighted by Crippen LogP contribution is 2.24. The second kappa shape index (κ2) is 14.0. The Balaban J connectivity index is 4.87. The minimum absolute atomic E-state index is 0.232. The average molecular weight is 361 g/mol. The summed E-state index contributed by atoms with van der Waals surface area (Å²) in [7, 11) is 0. The summed E-state index contributed by atoms with van der Waals surface area (Å²) in [5.41, 5.74) is -0.248. The van der Waals surface area contributed by atoms with Gasteiger partial charge in [0.05, 0.1) is 44.1 Å². The Kier molecular flexibility index (Phi) is 13.9. The third kappa shape index (κ3) is 12.8. The molecule has 152 valence electrons. The van der Waals surface area contributed by atoms with E-state index < -0.39 is 0 Å². The molecule has 25 heavy (non-hydrogen) atoms. The Bertz CT molecular complexity index is 274. The van der Waals surface area contributed by atoms with Gasteiger partial charge >= 0.3 is 0 Å². The molecule has 0 aromatic rings. The van der Waals surface area contributed by atoms with Gasteiger partial charge in [-0.05, 0) is 52.4 Å². The molecule has 2 atom stereocenters. The fourth-order valence-electron chi connectivity index (χ4n) is 2.99. The zero-order valence-electron chi connectivity index (χ0n) is 18.1. The van der Waals surface area contributed by atoms with Gasteiger partial charge in [-0.15, -0.1) is 0 Å². The molecular weight excluding hydrogens is 316 g/mol. The van der Waals surface area contributed by atoms with E-state index in [4.69, 9.17) is 18.9 Å². The van der Waals surface area contributed by atoms with Gasteiger partial charge in [0.25, 0.3) is 0 Å². The zero-order valence-corrected chi connectivity index (χ0v) is 18.1. The second-order valence-electron chi connectivity index (χ2n) is 8.28. The van der Waals surface area contributed by atoms with Crippen molar-refractivity contribution in [3.63, 3.8) is 0 Å².